The topological polar surface area (TPSA) is 58.4 Å². The van der Waals surface area contributed by atoms with E-state index in [1.54, 1.807) is 17.0 Å². The third kappa shape index (κ3) is 2.82. The van der Waals surface area contributed by atoms with Gasteiger partial charge in [0.15, 0.2) is 11.5 Å². The molecular weight excluding hydrogens is 309 g/mol. The van der Waals surface area contributed by atoms with Gasteiger partial charge in [-0.15, -0.1) is 0 Å². The molecule has 1 saturated heterocycles. The molecule has 122 valence electrons. The van der Waals surface area contributed by atoms with Crippen LogP contribution >= 0.6 is 0 Å². The number of benzene rings is 2. The molecule has 1 atom stereocenters. The number of carbonyl (C=O) groups excluding carboxylic acids is 1. The maximum Gasteiger partial charge on any atom is 0.321 e. The Hall–Kier alpha value is -2.89. The monoisotopic (exact) mass is 325 g/mol. The maximum atomic E-state index is 13.2. The lowest BCUT2D eigenvalue weighted by atomic mass is 10.1. The van der Waals surface area contributed by atoms with Crippen LogP contribution in [0.5, 0.6) is 0 Å². The number of aromatic nitrogens is 1. The van der Waals surface area contributed by atoms with E-state index < -0.39 is 0 Å². The quantitative estimate of drug-likeness (QED) is 0.775. The van der Waals surface area contributed by atoms with Crippen molar-refractivity contribution in [3.8, 4) is 0 Å². The molecular formula is C18H16FN3O2. The molecule has 6 heteroatoms. The van der Waals surface area contributed by atoms with E-state index in [9.17, 15) is 9.18 Å². The molecule has 0 aliphatic carbocycles. The van der Waals surface area contributed by atoms with Gasteiger partial charge in [-0.3, -0.25) is 0 Å². The summed E-state index contributed by atoms with van der Waals surface area (Å²) in [6.45, 7) is 1.15. The fourth-order valence-electron chi connectivity index (χ4n) is 2.98. The van der Waals surface area contributed by atoms with E-state index in [1.807, 2.05) is 24.3 Å². The zero-order valence-electron chi connectivity index (χ0n) is 12.9. The van der Waals surface area contributed by atoms with Gasteiger partial charge < -0.3 is 14.6 Å². The van der Waals surface area contributed by atoms with Gasteiger partial charge in [0.2, 0.25) is 0 Å². The minimum atomic E-state index is -0.376. The molecule has 2 aromatic carbocycles. The van der Waals surface area contributed by atoms with Crippen molar-refractivity contribution in [3.05, 3.63) is 60.2 Å². The summed E-state index contributed by atoms with van der Waals surface area (Å²) in [5.41, 5.74) is 2.04. The number of halogens is 1. The first-order chi connectivity index (χ1) is 11.7. The van der Waals surface area contributed by atoms with Crippen LogP contribution in [0.2, 0.25) is 0 Å². The van der Waals surface area contributed by atoms with Crippen molar-refractivity contribution in [2.24, 2.45) is 0 Å². The molecule has 0 radical (unpaired) electrons. The predicted octanol–water partition coefficient (Wildman–Crippen LogP) is 3.99. The number of anilines is 1. The molecule has 1 N–H and O–H groups in total. The van der Waals surface area contributed by atoms with Crippen molar-refractivity contribution < 1.29 is 13.6 Å². The second-order valence-corrected chi connectivity index (χ2v) is 5.89. The average molecular weight is 325 g/mol. The summed E-state index contributed by atoms with van der Waals surface area (Å²) in [7, 11) is 0. The molecule has 1 fully saturated rings. The number of hydrogen-bond donors (Lipinski definition) is 1. The Kier molecular flexibility index (Phi) is 3.65. The molecule has 5 nitrogen and oxygen atoms in total. The van der Waals surface area contributed by atoms with E-state index in [-0.39, 0.29) is 17.8 Å². The lowest BCUT2D eigenvalue weighted by molar-refractivity contribution is 0.221. The van der Waals surface area contributed by atoms with Gasteiger partial charge in [0.1, 0.15) is 11.3 Å². The smallest absolute Gasteiger partial charge is 0.321 e. The normalized spacial score (nSPS) is 17.4. The highest BCUT2D eigenvalue weighted by Crippen LogP contribution is 2.29. The molecule has 0 saturated carbocycles. The number of urea groups is 1. The fourth-order valence-corrected chi connectivity index (χ4v) is 2.98. The first-order valence-electron chi connectivity index (χ1n) is 7.86. The van der Waals surface area contributed by atoms with Crippen molar-refractivity contribution in [3.63, 3.8) is 0 Å². The van der Waals surface area contributed by atoms with Gasteiger partial charge in [0, 0.05) is 18.8 Å². The summed E-state index contributed by atoms with van der Waals surface area (Å²) in [4.78, 5) is 18.5. The molecule has 3 aromatic rings. The van der Waals surface area contributed by atoms with Crippen LogP contribution < -0.4 is 5.32 Å². The number of likely N-dealkylation sites (tertiary alicyclic amines) is 1. The van der Waals surface area contributed by atoms with Crippen LogP contribution in [0.25, 0.3) is 11.1 Å². The Morgan fingerprint density at radius 2 is 2.12 bits per heavy atom. The average Bonchev–Trinajstić information content (AvgIpc) is 3.21. The summed E-state index contributed by atoms with van der Waals surface area (Å²) >= 11 is 0. The summed E-state index contributed by atoms with van der Waals surface area (Å²) in [5, 5.41) is 2.72. The molecule has 2 heterocycles. The second-order valence-electron chi connectivity index (χ2n) is 5.89. The number of hydrogen-bond acceptors (Lipinski definition) is 3. The van der Waals surface area contributed by atoms with Crippen LogP contribution in [0.4, 0.5) is 14.9 Å². The zero-order valence-corrected chi connectivity index (χ0v) is 12.9. The summed E-state index contributed by atoms with van der Waals surface area (Å²) in [5.74, 6) is 0.367. The van der Waals surface area contributed by atoms with Gasteiger partial charge in [0.05, 0.1) is 5.92 Å². The van der Waals surface area contributed by atoms with Crippen molar-refractivity contribution in [1.29, 1.82) is 0 Å². The number of nitrogens with one attached hydrogen (secondary N) is 1. The molecule has 0 bridgehead atoms. The number of amides is 2. The van der Waals surface area contributed by atoms with Gasteiger partial charge >= 0.3 is 6.03 Å². The van der Waals surface area contributed by atoms with Gasteiger partial charge in [-0.05, 0) is 36.8 Å². The van der Waals surface area contributed by atoms with Crippen molar-refractivity contribution in [2.45, 2.75) is 12.3 Å². The highest BCUT2D eigenvalue weighted by Gasteiger charge is 2.30. The van der Waals surface area contributed by atoms with Gasteiger partial charge in [-0.1, -0.05) is 18.2 Å². The van der Waals surface area contributed by atoms with Crippen molar-refractivity contribution in [1.82, 2.24) is 9.88 Å². The first kappa shape index (κ1) is 14.7. The third-order valence-electron chi connectivity index (χ3n) is 4.21. The summed E-state index contributed by atoms with van der Waals surface area (Å²) in [6.07, 6.45) is 0.795. The molecule has 1 aliphatic rings. The van der Waals surface area contributed by atoms with Gasteiger partial charge in [0.25, 0.3) is 0 Å². The fraction of sp³-hybridized carbons (Fsp3) is 0.222. The van der Waals surface area contributed by atoms with Crippen LogP contribution in [-0.2, 0) is 0 Å². The number of fused-ring (bicyclic) bond motifs is 1. The first-order valence-corrected chi connectivity index (χ1v) is 7.86. The summed E-state index contributed by atoms with van der Waals surface area (Å²) < 4.78 is 19.0. The van der Waals surface area contributed by atoms with Crippen LogP contribution in [0.15, 0.2) is 52.9 Å². The van der Waals surface area contributed by atoms with E-state index in [0.29, 0.717) is 24.7 Å². The number of para-hydroxylation sites is 2. The Labute approximate surface area is 138 Å². The highest BCUT2D eigenvalue weighted by atomic mass is 19.1. The Balaban J connectivity index is 1.44. The number of rotatable bonds is 2. The molecule has 2 amide bonds. The second kappa shape index (κ2) is 5.96. The highest BCUT2D eigenvalue weighted by molar-refractivity contribution is 5.89. The van der Waals surface area contributed by atoms with Crippen LogP contribution in [0, 0.1) is 5.82 Å². The van der Waals surface area contributed by atoms with E-state index in [4.69, 9.17) is 4.42 Å². The van der Waals surface area contributed by atoms with E-state index in [1.165, 1.54) is 12.1 Å². The predicted molar refractivity (Wildman–Crippen MR) is 88.4 cm³/mol. The summed E-state index contributed by atoms with van der Waals surface area (Å²) in [6, 6.07) is 13.2. The molecule has 4 rings (SSSR count). The maximum absolute atomic E-state index is 13.2. The number of oxazole rings is 1. The van der Waals surface area contributed by atoms with Crippen LogP contribution in [0.3, 0.4) is 0 Å². The SMILES string of the molecule is O=C(Nc1cccc(F)c1)N1CCC(c2nc3ccccc3o2)C1. The minimum absolute atomic E-state index is 0.0793. The zero-order chi connectivity index (χ0) is 16.5. The van der Waals surface area contributed by atoms with Crippen LogP contribution in [0.1, 0.15) is 18.2 Å². The van der Waals surface area contributed by atoms with E-state index >= 15 is 0 Å². The lowest BCUT2D eigenvalue weighted by Crippen LogP contribution is -2.32. The molecule has 1 aromatic heterocycles. The molecule has 24 heavy (non-hydrogen) atoms. The minimum Gasteiger partial charge on any atom is -0.440 e. The largest absolute Gasteiger partial charge is 0.440 e. The number of carbonyl (C=O) groups is 1. The number of nitrogens with zero attached hydrogens (tertiary/aromatic N) is 2. The Bertz CT molecular complexity index is 860. The lowest BCUT2D eigenvalue weighted by Gasteiger charge is -2.16. The molecule has 0 spiro atoms. The molecule has 1 unspecified atom stereocenters. The van der Waals surface area contributed by atoms with Crippen LogP contribution in [-0.4, -0.2) is 29.0 Å². The van der Waals surface area contributed by atoms with Gasteiger partial charge in [-0.25, -0.2) is 14.2 Å². The van der Waals surface area contributed by atoms with Gasteiger partial charge in [-0.2, -0.15) is 0 Å². The molecule has 1 aliphatic heterocycles. The Morgan fingerprint density at radius 3 is 2.96 bits per heavy atom. The Morgan fingerprint density at radius 1 is 1.25 bits per heavy atom. The van der Waals surface area contributed by atoms with Crippen molar-refractivity contribution >= 4 is 22.8 Å². The van der Waals surface area contributed by atoms with E-state index in [2.05, 4.69) is 10.3 Å². The van der Waals surface area contributed by atoms with E-state index in [0.717, 1.165) is 17.5 Å². The third-order valence-corrected chi connectivity index (χ3v) is 4.21. The standard InChI is InChI=1S/C18H16FN3O2/c19-13-4-3-5-14(10-13)20-18(23)22-9-8-12(11-22)17-21-15-6-1-2-7-16(15)24-17/h1-7,10,12H,8-9,11H2,(H,20,23). The van der Waals surface area contributed by atoms with Crippen molar-refractivity contribution in [2.75, 3.05) is 18.4 Å².